The predicted molar refractivity (Wildman–Crippen MR) is 143 cm³/mol. The molecule has 4 rings (SSSR count). The number of aliphatic imine (C=N–C) groups is 1. The number of nitrogens with one attached hydrogen (secondary N) is 2. The first-order chi connectivity index (χ1) is 15.7. The lowest BCUT2D eigenvalue weighted by molar-refractivity contribution is 0.415. The first kappa shape index (κ1) is 24.7. The van der Waals surface area contributed by atoms with Crippen LogP contribution in [0.1, 0.15) is 18.3 Å². The summed E-state index contributed by atoms with van der Waals surface area (Å²) in [4.78, 5) is 13.9. The number of guanidine groups is 1. The Labute approximate surface area is 214 Å². The lowest BCUT2D eigenvalue weighted by Gasteiger charge is -2.09. The molecule has 0 aliphatic heterocycles. The van der Waals surface area contributed by atoms with Crippen LogP contribution in [0.2, 0.25) is 0 Å². The SMILES string of the molecule is CCNC(=NCc1csc(-c2ccc(OC)cc2)n1)NCc1coc(-c2ccccc2)n1.I. The molecular weight excluding hydrogens is 549 g/mol. The molecule has 2 heterocycles. The monoisotopic (exact) mass is 575 g/mol. The molecule has 0 radical (unpaired) electrons. The molecule has 2 aromatic carbocycles. The van der Waals surface area contributed by atoms with Gasteiger partial charge in [-0.3, -0.25) is 0 Å². The van der Waals surface area contributed by atoms with Gasteiger partial charge in [-0.05, 0) is 43.3 Å². The maximum absolute atomic E-state index is 5.60. The minimum absolute atomic E-state index is 0. The average Bonchev–Trinajstić information content (AvgIpc) is 3.51. The standard InChI is InChI=1S/C24H25N5O2S.HI/c1-3-25-24(26-13-19-15-31-22(28-19)17-7-5-4-6-8-17)27-14-20-16-32-23(29-20)18-9-11-21(30-2)12-10-18;/h4-12,15-16H,3,13-14H2,1-2H3,(H2,25,26,27);1H. The van der Waals surface area contributed by atoms with E-state index in [0.29, 0.717) is 24.9 Å². The third-order valence-corrected chi connectivity index (χ3v) is 5.58. The summed E-state index contributed by atoms with van der Waals surface area (Å²) >= 11 is 1.61. The molecule has 0 atom stereocenters. The Hall–Kier alpha value is -2.92. The highest BCUT2D eigenvalue weighted by atomic mass is 127. The molecular formula is C24H26IN5O2S. The molecule has 2 aromatic heterocycles. The molecule has 172 valence electrons. The van der Waals surface area contributed by atoms with E-state index in [1.807, 2.05) is 66.9 Å². The quantitative estimate of drug-likeness (QED) is 0.168. The van der Waals surface area contributed by atoms with E-state index >= 15 is 0 Å². The molecule has 0 saturated heterocycles. The van der Waals surface area contributed by atoms with E-state index in [0.717, 1.165) is 39.8 Å². The van der Waals surface area contributed by atoms with Crippen LogP contribution in [0, 0.1) is 0 Å². The van der Waals surface area contributed by atoms with E-state index in [1.165, 1.54) is 0 Å². The van der Waals surface area contributed by atoms with Crippen molar-refractivity contribution in [1.82, 2.24) is 20.6 Å². The van der Waals surface area contributed by atoms with Crippen molar-refractivity contribution < 1.29 is 9.15 Å². The topological polar surface area (TPSA) is 84.6 Å². The minimum atomic E-state index is 0. The Morgan fingerprint density at radius 3 is 2.52 bits per heavy atom. The smallest absolute Gasteiger partial charge is 0.226 e. The molecule has 0 saturated carbocycles. The third kappa shape index (κ3) is 6.78. The highest BCUT2D eigenvalue weighted by molar-refractivity contribution is 14.0. The van der Waals surface area contributed by atoms with Crippen LogP contribution in [-0.2, 0) is 13.1 Å². The van der Waals surface area contributed by atoms with Gasteiger partial charge in [0.2, 0.25) is 5.89 Å². The number of hydrogen-bond donors (Lipinski definition) is 2. The first-order valence-electron chi connectivity index (χ1n) is 10.4. The van der Waals surface area contributed by atoms with Crippen LogP contribution >= 0.6 is 35.3 Å². The number of aromatic nitrogens is 2. The van der Waals surface area contributed by atoms with Crippen LogP contribution in [-0.4, -0.2) is 29.6 Å². The van der Waals surface area contributed by atoms with Crippen molar-refractivity contribution in [2.75, 3.05) is 13.7 Å². The van der Waals surface area contributed by atoms with Gasteiger partial charge >= 0.3 is 0 Å². The Morgan fingerprint density at radius 1 is 1.00 bits per heavy atom. The summed E-state index contributed by atoms with van der Waals surface area (Å²) in [6, 6.07) is 17.7. The van der Waals surface area contributed by atoms with Gasteiger partial charge in [0.15, 0.2) is 5.96 Å². The minimum Gasteiger partial charge on any atom is -0.497 e. The Bertz CT molecular complexity index is 1160. The van der Waals surface area contributed by atoms with Gasteiger partial charge in [-0.1, -0.05) is 18.2 Å². The van der Waals surface area contributed by atoms with Crippen LogP contribution in [0.3, 0.4) is 0 Å². The van der Waals surface area contributed by atoms with Crippen molar-refractivity contribution in [3.05, 3.63) is 77.6 Å². The summed E-state index contributed by atoms with van der Waals surface area (Å²) in [6.45, 7) is 3.78. The van der Waals surface area contributed by atoms with E-state index in [4.69, 9.17) is 14.1 Å². The van der Waals surface area contributed by atoms with E-state index < -0.39 is 0 Å². The largest absolute Gasteiger partial charge is 0.497 e. The van der Waals surface area contributed by atoms with Crippen molar-refractivity contribution >= 4 is 41.3 Å². The predicted octanol–water partition coefficient (Wildman–Crippen LogP) is 5.35. The molecule has 0 unspecified atom stereocenters. The van der Waals surface area contributed by atoms with Crippen LogP contribution in [0.25, 0.3) is 22.0 Å². The van der Waals surface area contributed by atoms with Gasteiger partial charge in [-0.2, -0.15) is 0 Å². The summed E-state index contributed by atoms with van der Waals surface area (Å²) in [5.74, 6) is 2.15. The molecule has 0 amide bonds. The summed E-state index contributed by atoms with van der Waals surface area (Å²) in [7, 11) is 1.66. The van der Waals surface area contributed by atoms with Gasteiger partial charge in [-0.25, -0.2) is 15.0 Å². The van der Waals surface area contributed by atoms with Crippen LogP contribution < -0.4 is 15.4 Å². The normalized spacial score (nSPS) is 11.0. The summed E-state index contributed by atoms with van der Waals surface area (Å²) in [6.07, 6.45) is 1.67. The highest BCUT2D eigenvalue weighted by Gasteiger charge is 2.08. The number of benzene rings is 2. The summed E-state index contributed by atoms with van der Waals surface area (Å²) in [5, 5.41) is 9.56. The van der Waals surface area contributed by atoms with Crippen LogP contribution in [0.4, 0.5) is 0 Å². The maximum Gasteiger partial charge on any atom is 0.226 e. The maximum atomic E-state index is 5.60. The fourth-order valence-corrected chi connectivity index (χ4v) is 3.84. The van der Waals surface area contributed by atoms with E-state index in [1.54, 1.807) is 24.7 Å². The molecule has 4 aromatic rings. The molecule has 9 heteroatoms. The Kier molecular flexibility index (Phi) is 9.25. The zero-order valence-corrected chi connectivity index (χ0v) is 21.6. The molecule has 2 N–H and O–H groups in total. The average molecular weight is 575 g/mol. The lowest BCUT2D eigenvalue weighted by atomic mass is 10.2. The van der Waals surface area contributed by atoms with Crippen LogP contribution in [0.15, 0.2) is 75.7 Å². The van der Waals surface area contributed by atoms with Crippen molar-refractivity contribution in [3.63, 3.8) is 0 Å². The number of ether oxygens (including phenoxy) is 1. The molecule has 0 bridgehead atoms. The van der Waals surface area contributed by atoms with Gasteiger partial charge in [0.05, 0.1) is 31.6 Å². The Balaban J connectivity index is 0.00000306. The lowest BCUT2D eigenvalue weighted by Crippen LogP contribution is -2.36. The van der Waals surface area contributed by atoms with Gasteiger partial charge in [0, 0.05) is 23.1 Å². The number of methoxy groups -OCH3 is 1. The molecule has 33 heavy (non-hydrogen) atoms. The van der Waals surface area contributed by atoms with E-state index in [9.17, 15) is 0 Å². The summed E-state index contributed by atoms with van der Waals surface area (Å²) < 4.78 is 10.8. The second-order valence-corrected chi connectivity index (χ2v) is 7.79. The fourth-order valence-electron chi connectivity index (χ4n) is 3.02. The molecule has 0 spiro atoms. The molecule has 0 fully saturated rings. The van der Waals surface area contributed by atoms with E-state index in [2.05, 4.69) is 20.6 Å². The first-order valence-corrected chi connectivity index (χ1v) is 11.2. The number of nitrogens with zero attached hydrogens (tertiary/aromatic N) is 3. The van der Waals surface area contributed by atoms with Gasteiger partial charge in [-0.15, -0.1) is 35.3 Å². The number of thiazole rings is 1. The molecule has 0 aliphatic rings. The summed E-state index contributed by atoms with van der Waals surface area (Å²) in [5.41, 5.74) is 3.75. The highest BCUT2D eigenvalue weighted by Crippen LogP contribution is 2.26. The second-order valence-electron chi connectivity index (χ2n) is 6.93. The van der Waals surface area contributed by atoms with Crippen molar-refractivity contribution in [2.45, 2.75) is 20.0 Å². The number of rotatable bonds is 8. The zero-order chi connectivity index (χ0) is 22.2. The molecule has 0 aliphatic carbocycles. The molecule has 7 nitrogen and oxygen atoms in total. The second kappa shape index (κ2) is 12.4. The van der Waals surface area contributed by atoms with Crippen molar-refractivity contribution in [1.29, 1.82) is 0 Å². The number of halogens is 1. The van der Waals surface area contributed by atoms with Gasteiger partial charge in [0.25, 0.3) is 0 Å². The van der Waals surface area contributed by atoms with Crippen molar-refractivity contribution in [2.24, 2.45) is 4.99 Å². The fraction of sp³-hybridized carbons (Fsp3) is 0.208. The van der Waals surface area contributed by atoms with Gasteiger partial charge in [0.1, 0.15) is 17.0 Å². The number of hydrogen-bond acceptors (Lipinski definition) is 6. The zero-order valence-electron chi connectivity index (χ0n) is 18.4. The van der Waals surface area contributed by atoms with E-state index in [-0.39, 0.29) is 24.0 Å². The van der Waals surface area contributed by atoms with Gasteiger partial charge < -0.3 is 19.8 Å². The van der Waals surface area contributed by atoms with Crippen LogP contribution in [0.5, 0.6) is 5.75 Å². The van der Waals surface area contributed by atoms with Crippen molar-refractivity contribution in [3.8, 4) is 27.8 Å². The number of oxazole rings is 1. The third-order valence-electron chi connectivity index (χ3n) is 4.64. The Morgan fingerprint density at radius 2 is 1.79 bits per heavy atom.